The Morgan fingerprint density at radius 3 is 2.52 bits per heavy atom. The van der Waals surface area contributed by atoms with Crippen LogP contribution in [0.2, 0.25) is 0 Å². The number of hydrogen-bond acceptors (Lipinski definition) is 6. The van der Waals surface area contributed by atoms with Crippen molar-refractivity contribution in [2.45, 2.75) is 13.8 Å². The van der Waals surface area contributed by atoms with Crippen LogP contribution >= 0.6 is 0 Å². The molecule has 7 nitrogen and oxygen atoms in total. The van der Waals surface area contributed by atoms with Crippen LogP contribution in [-0.4, -0.2) is 16.5 Å². The first-order chi connectivity index (χ1) is 10.0. The quantitative estimate of drug-likeness (QED) is 0.450. The number of hydrazone groups is 1. The predicted molar refractivity (Wildman–Crippen MR) is 80.0 cm³/mol. The summed E-state index contributed by atoms with van der Waals surface area (Å²) in [5.41, 5.74) is 10.1. The van der Waals surface area contributed by atoms with E-state index in [0.29, 0.717) is 11.6 Å². The van der Waals surface area contributed by atoms with E-state index in [9.17, 15) is 0 Å². The number of nitrogens with two attached hydrogens (primary N) is 1. The third-order valence-electron chi connectivity index (χ3n) is 2.82. The lowest BCUT2D eigenvalue weighted by atomic mass is 10.2. The van der Waals surface area contributed by atoms with Crippen molar-refractivity contribution in [2.75, 3.05) is 5.43 Å². The first-order valence-corrected chi connectivity index (χ1v) is 6.14. The average Bonchev–Trinajstić information content (AvgIpc) is 2.79. The van der Waals surface area contributed by atoms with Crippen molar-refractivity contribution in [1.29, 1.82) is 10.7 Å². The van der Waals surface area contributed by atoms with Crippen LogP contribution in [0.3, 0.4) is 0 Å². The van der Waals surface area contributed by atoms with Gasteiger partial charge in [-0.15, -0.1) is 0 Å². The maximum Gasteiger partial charge on any atom is 0.226 e. The first kappa shape index (κ1) is 14.3. The molecule has 0 radical (unpaired) electrons. The van der Waals surface area contributed by atoms with E-state index in [-0.39, 0.29) is 11.5 Å². The number of aromatic nitrogens is 1. The van der Waals surface area contributed by atoms with E-state index in [2.05, 4.69) is 15.5 Å². The molecule has 0 atom stereocenters. The van der Waals surface area contributed by atoms with Gasteiger partial charge in [0.15, 0.2) is 5.84 Å². The molecule has 0 aliphatic heterocycles. The zero-order valence-corrected chi connectivity index (χ0v) is 11.6. The molecule has 0 amide bonds. The number of nitriles is 1. The van der Waals surface area contributed by atoms with Crippen molar-refractivity contribution in [3.63, 3.8) is 0 Å². The molecule has 0 unspecified atom stereocenters. The van der Waals surface area contributed by atoms with Crippen molar-refractivity contribution >= 4 is 17.2 Å². The van der Waals surface area contributed by atoms with Crippen LogP contribution < -0.4 is 11.2 Å². The van der Waals surface area contributed by atoms with E-state index in [1.807, 2.05) is 26.0 Å². The molecule has 0 bridgehead atoms. The van der Waals surface area contributed by atoms with Gasteiger partial charge in [0.25, 0.3) is 0 Å². The summed E-state index contributed by atoms with van der Waals surface area (Å²) in [5, 5.41) is 19.6. The van der Waals surface area contributed by atoms with E-state index in [1.165, 1.54) is 0 Å². The summed E-state index contributed by atoms with van der Waals surface area (Å²) in [6.07, 6.45) is 0. The number of rotatable bonds is 4. The van der Waals surface area contributed by atoms with Gasteiger partial charge in [-0.25, -0.2) is 4.98 Å². The molecule has 0 fully saturated rings. The van der Waals surface area contributed by atoms with Crippen LogP contribution in [0.15, 0.2) is 33.8 Å². The molecule has 0 spiro atoms. The van der Waals surface area contributed by atoms with Crippen molar-refractivity contribution in [1.82, 2.24) is 4.98 Å². The molecule has 2 rings (SSSR count). The Bertz CT molecular complexity index is 716. The highest BCUT2D eigenvalue weighted by Gasteiger charge is 2.08. The van der Waals surface area contributed by atoms with Gasteiger partial charge in [-0.05, 0) is 38.1 Å². The van der Waals surface area contributed by atoms with Crippen molar-refractivity contribution in [3.05, 3.63) is 35.7 Å². The summed E-state index contributed by atoms with van der Waals surface area (Å²) in [6.45, 7) is 3.75. The maximum absolute atomic E-state index is 8.73. The Labute approximate surface area is 121 Å². The summed E-state index contributed by atoms with van der Waals surface area (Å²) in [4.78, 5) is 4.32. The normalized spacial score (nSPS) is 11.0. The second-order valence-electron chi connectivity index (χ2n) is 4.34. The van der Waals surface area contributed by atoms with Gasteiger partial charge in [0.1, 0.15) is 11.8 Å². The lowest BCUT2D eigenvalue weighted by Crippen LogP contribution is -2.21. The molecular weight excluding hydrogens is 268 g/mol. The van der Waals surface area contributed by atoms with Crippen molar-refractivity contribution < 1.29 is 4.42 Å². The molecule has 0 aliphatic rings. The zero-order chi connectivity index (χ0) is 15.4. The van der Waals surface area contributed by atoms with Gasteiger partial charge in [-0.2, -0.15) is 10.4 Å². The Morgan fingerprint density at radius 1 is 1.38 bits per heavy atom. The Hall–Kier alpha value is -3.14. The summed E-state index contributed by atoms with van der Waals surface area (Å²) >= 11 is 0. The lowest BCUT2D eigenvalue weighted by molar-refractivity contribution is 0.541. The number of nitrogens with one attached hydrogen (secondary N) is 2. The summed E-state index contributed by atoms with van der Waals surface area (Å²) in [7, 11) is 0. The van der Waals surface area contributed by atoms with E-state index in [1.54, 1.807) is 18.2 Å². The van der Waals surface area contributed by atoms with Crippen LogP contribution in [0, 0.1) is 30.6 Å². The van der Waals surface area contributed by atoms with E-state index < -0.39 is 0 Å². The van der Waals surface area contributed by atoms with Crippen LogP contribution in [0.1, 0.15) is 11.5 Å². The fraction of sp³-hybridized carbons (Fsp3) is 0.143. The highest BCUT2D eigenvalue weighted by Crippen LogP contribution is 2.22. The smallest absolute Gasteiger partial charge is 0.226 e. The number of anilines is 1. The molecule has 1 aromatic carbocycles. The molecule has 1 heterocycles. The van der Waals surface area contributed by atoms with E-state index in [0.717, 1.165) is 17.0 Å². The van der Waals surface area contributed by atoms with Gasteiger partial charge in [0.05, 0.1) is 11.4 Å². The largest absolute Gasteiger partial charge is 0.441 e. The summed E-state index contributed by atoms with van der Waals surface area (Å²) in [6, 6.07) is 8.91. The summed E-state index contributed by atoms with van der Waals surface area (Å²) in [5.74, 6) is 0.964. The second-order valence-corrected chi connectivity index (χ2v) is 4.34. The second kappa shape index (κ2) is 5.88. The predicted octanol–water partition coefficient (Wildman–Crippen LogP) is 2.19. The highest BCUT2D eigenvalue weighted by atomic mass is 16.4. The molecule has 106 valence electrons. The standard InChI is InChI=1S/C14H14N6O/c1-8-9(2)21-14(18-8)10-3-5-11(6-4-10)19-20-12(7-15)13(16)17/h3-6,19H,1-2H3,(H3,16,17)/b20-12+. The average molecular weight is 282 g/mol. The molecule has 21 heavy (non-hydrogen) atoms. The monoisotopic (exact) mass is 282 g/mol. The molecule has 2 aromatic rings. The van der Waals surface area contributed by atoms with Crippen LogP contribution in [0.4, 0.5) is 5.69 Å². The minimum atomic E-state index is -0.382. The Balaban J connectivity index is 2.16. The molecule has 4 N–H and O–H groups in total. The van der Waals surface area contributed by atoms with Gasteiger partial charge in [-0.1, -0.05) is 0 Å². The number of aryl methyl sites for hydroxylation is 2. The highest BCUT2D eigenvalue weighted by molar-refractivity contribution is 6.45. The minimum absolute atomic E-state index is 0.168. The number of hydrogen-bond donors (Lipinski definition) is 3. The number of nitrogens with zero attached hydrogens (tertiary/aromatic N) is 3. The van der Waals surface area contributed by atoms with Crippen LogP contribution in [0.5, 0.6) is 0 Å². The molecule has 0 aliphatic carbocycles. The SMILES string of the molecule is Cc1nc(-c2ccc(N/N=C(\C#N)C(=N)N)cc2)oc1C. The number of benzene rings is 1. The molecule has 1 aromatic heterocycles. The Kier molecular flexibility index (Phi) is 4.00. The third-order valence-corrected chi connectivity index (χ3v) is 2.82. The van der Waals surface area contributed by atoms with E-state index >= 15 is 0 Å². The Morgan fingerprint density at radius 2 is 2.05 bits per heavy atom. The fourth-order valence-corrected chi connectivity index (χ4v) is 1.55. The molecule has 0 saturated carbocycles. The van der Waals surface area contributed by atoms with Crippen LogP contribution in [0.25, 0.3) is 11.5 Å². The zero-order valence-electron chi connectivity index (χ0n) is 11.6. The topological polar surface area (TPSA) is 124 Å². The van der Waals surface area contributed by atoms with E-state index in [4.69, 9.17) is 20.8 Å². The van der Waals surface area contributed by atoms with Gasteiger partial charge < -0.3 is 10.2 Å². The fourth-order valence-electron chi connectivity index (χ4n) is 1.55. The molecule has 7 heteroatoms. The maximum atomic E-state index is 8.73. The molecule has 0 saturated heterocycles. The van der Waals surface area contributed by atoms with Crippen molar-refractivity contribution in [3.8, 4) is 17.5 Å². The lowest BCUT2D eigenvalue weighted by Gasteiger charge is -2.02. The van der Waals surface area contributed by atoms with Gasteiger partial charge in [-0.3, -0.25) is 10.8 Å². The number of amidine groups is 1. The van der Waals surface area contributed by atoms with Gasteiger partial charge in [0.2, 0.25) is 11.6 Å². The minimum Gasteiger partial charge on any atom is -0.441 e. The van der Waals surface area contributed by atoms with Gasteiger partial charge in [0, 0.05) is 5.56 Å². The number of oxazole rings is 1. The van der Waals surface area contributed by atoms with Crippen molar-refractivity contribution in [2.24, 2.45) is 10.8 Å². The van der Waals surface area contributed by atoms with Crippen LogP contribution in [-0.2, 0) is 0 Å². The molecular formula is C14H14N6O. The summed E-state index contributed by atoms with van der Waals surface area (Å²) < 4.78 is 5.54. The van der Waals surface area contributed by atoms with Gasteiger partial charge >= 0.3 is 0 Å². The third kappa shape index (κ3) is 3.25. The first-order valence-electron chi connectivity index (χ1n) is 6.14.